The van der Waals surface area contributed by atoms with Gasteiger partial charge in [0.05, 0.1) is 5.41 Å². The lowest BCUT2D eigenvalue weighted by molar-refractivity contribution is -0.120. The Hall–Kier alpha value is -1.80. The van der Waals surface area contributed by atoms with Gasteiger partial charge in [-0.05, 0) is 35.7 Å². The summed E-state index contributed by atoms with van der Waals surface area (Å²) < 4.78 is 0. The fraction of sp³-hybridized carbons (Fsp3) is 0.235. The second-order valence-electron chi connectivity index (χ2n) is 5.66. The van der Waals surface area contributed by atoms with Gasteiger partial charge in [0.15, 0.2) is 0 Å². The number of para-hydroxylation sites is 1. The van der Waals surface area contributed by atoms with Crippen LogP contribution in [-0.2, 0) is 10.2 Å². The maximum Gasteiger partial charge on any atom is 0.238 e. The highest BCUT2D eigenvalue weighted by Gasteiger charge is 2.66. The van der Waals surface area contributed by atoms with Crippen LogP contribution >= 0.6 is 11.6 Å². The average Bonchev–Trinajstić information content (AvgIpc) is 3.19. The second-order valence-corrected chi connectivity index (χ2v) is 6.10. The fourth-order valence-electron chi connectivity index (χ4n) is 3.56. The minimum atomic E-state index is -0.334. The predicted octanol–water partition coefficient (Wildman–Crippen LogP) is 3.74. The zero-order valence-corrected chi connectivity index (χ0v) is 11.9. The number of likely N-dealkylation sites (N-methyl/N-ethyl adjacent to an activating group) is 1. The number of benzene rings is 2. The largest absolute Gasteiger partial charge is 0.314 e. The summed E-state index contributed by atoms with van der Waals surface area (Å²) in [5.74, 6) is 0.497. The van der Waals surface area contributed by atoms with Gasteiger partial charge in [0.25, 0.3) is 0 Å². The predicted molar refractivity (Wildman–Crippen MR) is 80.3 cm³/mol. The van der Waals surface area contributed by atoms with E-state index in [2.05, 4.69) is 6.07 Å². The fourth-order valence-corrected chi connectivity index (χ4v) is 3.69. The molecule has 0 radical (unpaired) electrons. The quantitative estimate of drug-likeness (QED) is 0.781. The smallest absolute Gasteiger partial charge is 0.238 e. The summed E-state index contributed by atoms with van der Waals surface area (Å²) in [5.41, 5.74) is 3.09. The number of rotatable bonds is 1. The van der Waals surface area contributed by atoms with E-state index in [0.717, 1.165) is 17.1 Å². The van der Waals surface area contributed by atoms with E-state index < -0.39 is 0 Å². The van der Waals surface area contributed by atoms with Crippen LogP contribution in [0.1, 0.15) is 23.5 Å². The van der Waals surface area contributed by atoms with Crippen LogP contribution in [0.15, 0.2) is 48.5 Å². The molecule has 2 aromatic rings. The standard InChI is InChI=1S/C17H14ClNO/c1-19-15-5-3-2-4-13(15)17(16(19)20)10-14(17)11-6-8-12(18)9-7-11/h2-9,14H,10H2,1H3/t14-,17-/m1/s1. The molecule has 100 valence electrons. The van der Waals surface area contributed by atoms with E-state index in [1.54, 1.807) is 4.90 Å². The number of nitrogens with zero attached hydrogens (tertiary/aromatic N) is 1. The molecule has 2 atom stereocenters. The lowest BCUT2D eigenvalue weighted by atomic mass is 9.92. The van der Waals surface area contributed by atoms with Crippen molar-refractivity contribution in [2.75, 3.05) is 11.9 Å². The van der Waals surface area contributed by atoms with E-state index in [-0.39, 0.29) is 17.2 Å². The van der Waals surface area contributed by atoms with Crippen LogP contribution in [0.25, 0.3) is 0 Å². The zero-order chi connectivity index (χ0) is 13.9. The summed E-state index contributed by atoms with van der Waals surface area (Å²) in [6, 6.07) is 16.0. The summed E-state index contributed by atoms with van der Waals surface area (Å²) in [4.78, 5) is 14.5. The Kier molecular flexibility index (Phi) is 2.31. The van der Waals surface area contributed by atoms with E-state index in [4.69, 9.17) is 11.6 Å². The molecular weight excluding hydrogens is 270 g/mol. The first-order chi connectivity index (χ1) is 9.64. The van der Waals surface area contributed by atoms with Gasteiger partial charge in [-0.25, -0.2) is 0 Å². The molecule has 1 heterocycles. The molecule has 0 saturated heterocycles. The van der Waals surface area contributed by atoms with Gasteiger partial charge >= 0.3 is 0 Å². The van der Waals surface area contributed by atoms with Crippen LogP contribution in [0.5, 0.6) is 0 Å². The molecule has 1 amide bonds. The summed E-state index contributed by atoms with van der Waals surface area (Å²) in [7, 11) is 1.87. The van der Waals surface area contributed by atoms with Gasteiger partial charge in [-0.2, -0.15) is 0 Å². The van der Waals surface area contributed by atoms with Gasteiger partial charge in [0.2, 0.25) is 5.91 Å². The molecule has 0 unspecified atom stereocenters. The number of fused-ring (bicyclic) bond motifs is 2. The molecule has 20 heavy (non-hydrogen) atoms. The first-order valence-corrected chi connectivity index (χ1v) is 7.15. The Balaban J connectivity index is 1.80. The van der Waals surface area contributed by atoms with Crippen LogP contribution in [0.2, 0.25) is 5.02 Å². The minimum absolute atomic E-state index is 0.221. The van der Waals surface area contributed by atoms with Crippen molar-refractivity contribution >= 4 is 23.2 Å². The number of amides is 1. The maximum atomic E-state index is 12.7. The summed E-state index contributed by atoms with van der Waals surface area (Å²) in [5, 5.41) is 0.735. The van der Waals surface area contributed by atoms with Crippen LogP contribution in [0.3, 0.4) is 0 Å². The Morgan fingerprint density at radius 2 is 1.85 bits per heavy atom. The molecule has 2 aliphatic rings. The van der Waals surface area contributed by atoms with Crippen molar-refractivity contribution in [1.82, 2.24) is 0 Å². The molecule has 2 aromatic carbocycles. The first kappa shape index (κ1) is 12.0. The number of carbonyl (C=O) groups is 1. The normalized spacial score (nSPS) is 27.0. The third-order valence-electron chi connectivity index (χ3n) is 4.67. The van der Waals surface area contributed by atoms with Gasteiger partial charge in [0, 0.05) is 23.7 Å². The SMILES string of the molecule is CN1C(=O)[C@]2(C[C@@H]2c2ccc(Cl)cc2)c2ccccc21. The highest BCUT2D eigenvalue weighted by molar-refractivity contribution is 6.30. The van der Waals surface area contributed by atoms with Gasteiger partial charge in [-0.3, -0.25) is 4.79 Å². The van der Waals surface area contributed by atoms with Crippen LogP contribution < -0.4 is 4.90 Å². The topological polar surface area (TPSA) is 20.3 Å². The monoisotopic (exact) mass is 283 g/mol. The number of anilines is 1. The maximum absolute atomic E-state index is 12.7. The van der Waals surface area contributed by atoms with E-state index in [9.17, 15) is 4.79 Å². The molecule has 4 rings (SSSR count). The molecule has 1 spiro atoms. The molecule has 3 heteroatoms. The lowest BCUT2D eigenvalue weighted by Gasteiger charge is -2.11. The van der Waals surface area contributed by atoms with Gasteiger partial charge in [-0.1, -0.05) is 41.9 Å². The minimum Gasteiger partial charge on any atom is -0.314 e. The molecule has 0 N–H and O–H groups in total. The van der Waals surface area contributed by atoms with Crippen molar-refractivity contribution in [1.29, 1.82) is 0 Å². The Labute approximate surface area is 123 Å². The average molecular weight is 284 g/mol. The third-order valence-corrected chi connectivity index (χ3v) is 4.92. The van der Waals surface area contributed by atoms with Crippen LogP contribution in [-0.4, -0.2) is 13.0 Å². The van der Waals surface area contributed by atoms with E-state index in [0.29, 0.717) is 0 Å². The molecule has 2 nitrogen and oxygen atoms in total. The van der Waals surface area contributed by atoms with Crippen molar-refractivity contribution in [3.05, 3.63) is 64.7 Å². The zero-order valence-electron chi connectivity index (χ0n) is 11.1. The number of hydrogen-bond acceptors (Lipinski definition) is 1. The van der Waals surface area contributed by atoms with Crippen molar-refractivity contribution < 1.29 is 4.79 Å². The van der Waals surface area contributed by atoms with E-state index >= 15 is 0 Å². The molecule has 0 bridgehead atoms. The Bertz CT molecular complexity index is 709. The summed E-state index contributed by atoms with van der Waals surface area (Å²) in [6.07, 6.45) is 0.898. The number of hydrogen-bond donors (Lipinski definition) is 0. The highest BCUT2D eigenvalue weighted by Crippen LogP contribution is 2.65. The van der Waals surface area contributed by atoms with Crippen molar-refractivity contribution in [3.63, 3.8) is 0 Å². The highest BCUT2D eigenvalue weighted by atomic mass is 35.5. The Morgan fingerprint density at radius 3 is 2.60 bits per heavy atom. The molecule has 1 saturated carbocycles. The second kappa shape index (κ2) is 3.86. The van der Waals surface area contributed by atoms with Gasteiger partial charge in [0.1, 0.15) is 0 Å². The van der Waals surface area contributed by atoms with Gasteiger partial charge < -0.3 is 4.90 Å². The van der Waals surface area contributed by atoms with Gasteiger partial charge in [-0.15, -0.1) is 0 Å². The van der Waals surface area contributed by atoms with Crippen LogP contribution in [0.4, 0.5) is 5.69 Å². The third kappa shape index (κ3) is 1.37. The van der Waals surface area contributed by atoms with Crippen LogP contribution in [0, 0.1) is 0 Å². The van der Waals surface area contributed by atoms with Crippen molar-refractivity contribution in [2.24, 2.45) is 0 Å². The number of carbonyl (C=O) groups excluding carboxylic acids is 1. The van der Waals surface area contributed by atoms with E-state index in [1.807, 2.05) is 49.5 Å². The molecule has 1 aliphatic heterocycles. The van der Waals surface area contributed by atoms with E-state index in [1.165, 1.54) is 11.1 Å². The molecule has 1 fully saturated rings. The summed E-state index contributed by atoms with van der Waals surface area (Å²) in [6.45, 7) is 0. The molecular formula is C17H14ClNO. The summed E-state index contributed by atoms with van der Waals surface area (Å²) >= 11 is 5.95. The van der Waals surface area contributed by atoms with Crippen molar-refractivity contribution in [3.8, 4) is 0 Å². The number of halogens is 1. The van der Waals surface area contributed by atoms with Crippen molar-refractivity contribution in [2.45, 2.75) is 17.8 Å². The first-order valence-electron chi connectivity index (χ1n) is 6.78. The Morgan fingerprint density at radius 1 is 1.15 bits per heavy atom. The lowest BCUT2D eigenvalue weighted by Crippen LogP contribution is -2.29. The molecule has 0 aromatic heterocycles. The molecule has 1 aliphatic carbocycles.